The first kappa shape index (κ1) is 42.6. The Bertz CT molecular complexity index is 1630. The summed E-state index contributed by atoms with van der Waals surface area (Å²) in [5.74, 6) is 0.742. The molecule has 1 fully saturated rings. The van der Waals surface area contributed by atoms with Gasteiger partial charge in [-0.25, -0.2) is 4.68 Å². The maximum Gasteiger partial charge on any atom is 0.307 e. The van der Waals surface area contributed by atoms with Gasteiger partial charge in [-0.15, -0.1) is 0 Å². The van der Waals surface area contributed by atoms with Crippen LogP contribution in [0.15, 0.2) is 73.2 Å². The molecule has 1 aliphatic heterocycles. The number of rotatable bonds is 22. The molecule has 1 aliphatic rings. The van der Waals surface area contributed by atoms with Crippen LogP contribution in [0.3, 0.4) is 0 Å². The van der Waals surface area contributed by atoms with Crippen molar-refractivity contribution in [2.45, 2.75) is 143 Å². The third-order valence-electron chi connectivity index (χ3n) is 10.2. The van der Waals surface area contributed by atoms with E-state index in [1.807, 2.05) is 60.8 Å². The Labute approximate surface area is 324 Å². The van der Waals surface area contributed by atoms with Crippen LogP contribution in [0.25, 0.3) is 33.8 Å². The number of hydrogen-bond acceptors (Lipinski definition) is 7. The highest BCUT2D eigenvalue weighted by Gasteiger charge is 2.16. The smallest absolute Gasteiger partial charge is 0.307 e. The zero-order valence-electron chi connectivity index (χ0n) is 33.3. The van der Waals surface area contributed by atoms with E-state index in [1.54, 1.807) is 24.0 Å². The molecule has 0 amide bonds. The Morgan fingerprint density at radius 1 is 0.741 bits per heavy atom. The van der Waals surface area contributed by atoms with Gasteiger partial charge in [0.25, 0.3) is 0 Å². The van der Waals surface area contributed by atoms with Crippen molar-refractivity contribution in [1.82, 2.24) is 19.7 Å². The molecule has 0 atom stereocenters. The number of ketones is 1. The van der Waals surface area contributed by atoms with Gasteiger partial charge in [0.05, 0.1) is 11.4 Å². The van der Waals surface area contributed by atoms with Gasteiger partial charge in [-0.2, -0.15) is 5.10 Å². The van der Waals surface area contributed by atoms with Crippen molar-refractivity contribution in [3.05, 3.63) is 78.8 Å². The summed E-state index contributed by atoms with van der Waals surface area (Å²) >= 11 is 0. The summed E-state index contributed by atoms with van der Waals surface area (Å²) in [6, 6.07) is 17.1. The standard InChI is InChI=1S/C40H52N4O3.C6H12O/c1-3-4-5-6-7-8-9-10-11-12-13-14-15-16-17-21-39(46)47-31-44-30-36(40(43-44)37-20-18-19-27-41-37)35-26-28-42-38(29-35)34-24-22-33(23-25-34)32(2)45;1-6-2-4-7-5-3-6/h18-20,22-30H,3-17,21,31H2,1-2H3;6H,2-5H2,1H3. The Balaban J connectivity index is 0.000000831. The highest BCUT2D eigenvalue weighted by atomic mass is 16.5. The van der Waals surface area contributed by atoms with Crippen molar-refractivity contribution in [1.29, 1.82) is 0 Å². The number of ether oxygens (including phenoxy) is 2. The fourth-order valence-corrected chi connectivity index (χ4v) is 6.69. The molecular formula is C46H64N4O4. The van der Waals surface area contributed by atoms with E-state index < -0.39 is 0 Å². The van der Waals surface area contributed by atoms with Crippen molar-refractivity contribution in [3.8, 4) is 33.8 Å². The SMILES string of the molecule is CC1CCOCC1.CCCCCCCCCCCCCCCCCC(=O)OCn1cc(-c2ccnc(-c3ccc(C(C)=O)cc3)c2)c(-c2ccccn2)n1. The molecule has 1 aromatic carbocycles. The van der Waals surface area contributed by atoms with Crippen molar-refractivity contribution >= 4 is 11.8 Å². The van der Waals surface area contributed by atoms with E-state index in [4.69, 9.17) is 14.6 Å². The van der Waals surface area contributed by atoms with Crippen LogP contribution >= 0.6 is 0 Å². The molecule has 0 spiro atoms. The number of esters is 1. The molecule has 1 saturated heterocycles. The number of carbonyl (C=O) groups is 2. The number of benzene rings is 1. The fraction of sp³-hybridized carbons (Fsp3) is 0.543. The zero-order chi connectivity index (χ0) is 38.2. The van der Waals surface area contributed by atoms with Gasteiger partial charge in [0.15, 0.2) is 12.5 Å². The Morgan fingerprint density at radius 2 is 1.35 bits per heavy atom. The van der Waals surface area contributed by atoms with Gasteiger partial charge >= 0.3 is 5.97 Å². The fourth-order valence-electron chi connectivity index (χ4n) is 6.69. The Morgan fingerprint density at radius 3 is 1.91 bits per heavy atom. The second kappa shape index (κ2) is 25.0. The van der Waals surface area contributed by atoms with Crippen molar-refractivity contribution in [2.75, 3.05) is 13.2 Å². The normalized spacial score (nSPS) is 12.9. The topological polar surface area (TPSA) is 96.2 Å². The Kier molecular flexibility index (Phi) is 19.7. The molecule has 0 N–H and O–H groups in total. The van der Waals surface area contributed by atoms with Crippen LogP contribution in [0.1, 0.15) is 147 Å². The summed E-state index contributed by atoms with van der Waals surface area (Å²) in [5.41, 5.74) is 5.58. The summed E-state index contributed by atoms with van der Waals surface area (Å²) in [7, 11) is 0. The molecule has 0 saturated carbocycles. The molecule has 0 radical (unpaired) electrons. The average Bonchev–Trinajstić information content (AvgIpc) is 3.64. The van der Waals surface area contributed by atoms with Crippen LogP contribution < -0.4 is 0 Å². The number of carbonyl (C=O) groups excluding carboxylic acids is 2. The maximum absolute atomic E-state index is 12.5. The summed E-state index contributed by atoms with van der Waals surface area (Å²) in [5, 5.41) is 4.76. The molecule has 0 bridgehead atoms. The lowest BCUT2D eigenvalue weighted by atomic mass is 10.0. The van der Waals surface area contributed by atoms with E-state index in [9.17, 15) is 9.59 Å². The minimum Gasteiger partial charge on any atom is -0.442 e. The lowest BCUT2D eigenvalue weighted by Crippen LogP contribution is -2.12. The van der Waals surface area contributed by atoms with Crippen LogP contribution in [0, 0.1) is 5.92 Å². The van der Waals surface area contributed by atoms with Crippen molar-refractivity contribution in [2.24, 2.45) is 5.92 Å². The lowest BCUT2D eigenvalue weighted by Gasteiger charge is -2.16. The third kappa shape index (κ3) is 15.7. The summed E-state index contributed by atoms with van der Waals surface area (Å²) < 4.78 is 12.4. The van der Waals surface area contributed by atoms with E-state index in [0.717, 1.165) is 60.1 Å². The van der Waals surface area contributed by atoms with Gasteiger partial charge in [0, 0.05) is 54.9 Å². The largest absolute Gasteiger partial charge is 0.442 e. The number of hydrogen-bond donors (Lipinski definition) is 0. The predicted octanol–water partition coefficient (Wildman–Crippen LogP) is 12.1. The Hall–Kier alpha value is -4.17. The number of pyridine rings is 2. The van der Waals surface area contributed by atoms with Crippen LogP contribution in [-0.4, -0.2) is 44.7 Å². The van der Waals surface area contributed by atoms with E-state index in [2.05, 4.69) is 23.8 Å². The van der Waals surface area contributed by atoms with Crippen LogP contribution in [0.4, 0.5) is 0 Å². The van der Waals surface area contributed by atoms with Crippen molar-refractivity contribution in [3.63, 3.8) is 0 Å². The quantitative estimate of drug-likeness (QED) is 0.0450. The number of aromatic nitrogens is 4. The van der Waals surface area contributed by atoms with Gasteiger partial charge in [-0.1, -0.05) is 134 Å². The lowest BCUT2D eigenvalue weighted by molar-refractivity contribution is -0.148. The van der Waals surface area contributed by atoms with Crippen LogP contribution in [-0.2, 0) is 21.0 Å². The molecule has 292 valence electrons. The minimum atomic E-state index is -0.198. The second-order valence-corrected chi connectivity index (χ2v) is 14.8. The summed E-state index contributed by atoms with van der Waals surface area (Å²) in [4.78, 5) is 33.3. The summed E-state index contributed by atoms with van der Waals surface area (Å²) in [6.45, 7) is 8.13. The van der Waals surface area contributed by atoms with Gasteiger partial charge < -0.3 is 9.47 Å². The van der Waals surface area contributed by atoms with Gasteiger partial charge in [-0.3, -0.25) is 19.6 Å². The van der Waals surface area contributed by atoms with E-state index in [-0.39, 0.29) is 18.5 Å². The molecular weight excluding hydrogens is 673 g/mol. The van der Waals surface area contributed by atoms with Gasteiger partial charge in [0.2, 0.25) is 0 Å². The van der Waals surface area contributed by atoms with Gasteiger partial charge in [0.1, 0.15) is 5.69 Å². The second-order valence-electron chi connectivity index (χ2n) is 14.8. The van der Waals surface area contributed by atoms with Crippen LogP contribution in [0.5, 0.6) is 0 Å². The highest BCUT2D eigenvalue weighted by molar-refractivity contribution is 5.94. The predicted molar refractivity (Wildman–Crippen MR) is 219 cm³/mol. The highest BCUT2D eigenvalue weighted by Crippen LogP contribution is 2.32. The van der Waals surface area contributed by atoms with E-state index >= 15 is 0 Å². The summed E-state index contributed by atoms with van der Waals surface area (Å²) in [6.07, 6.45) is 27.8. The van der Waals surface area contributed by atoms with E-state index in [1.165, 1.54) is 96.3 Å². The zero-order valence-corrected chi connectivity index (χ0v) is 33.3. The third-order valence-corrected chi connectivity index (χ3v) is 10.2. The minimum absolute atomic E-state index is 0.0289. The molecule has 54 heavy (non-hydrogen) atoms. The molecule has 3 aromatic heterocycles. The number of nitrogens with zero attached hydrogens (tertiary/aromatic N) is 4. The van der Waals surface area contributed by atoms with E-state index in [0.29, 0.717) is 17.7 Å². The van der Waals surface area contributed by atoms with Crippen LogP contribution in [0.2, 0.25) is 0 Å². The van der Waals surface area contributed by atoms with Crippen molar-refractivity contribution < 1.29 is 19.1 Å². The molecule has 0 aliphatic carbocycles. The molecule has 0 unspecified atom stereocenters. The molecule has 8 heteroatoms. The monoisotopic (exact) mass is 736 g/mol. The maximum atomic E-state index is 12.5. The molecule has 8 nitrogen and oxygen atoms in total. The first-order valence-corrected chi connectivity index (χ1v) is 20.7. The number of Topliss-reactive ketones (excluding diaryl/α,β-unsaturated/α-hetero) is 1. The first-order valence-electron chi connectivity index (χ1n) is 20.7. The molecule has 4 heterocycles. The molecule has 5 rings (SSSR count). The van der Waals surface area contributed by atoms with Gasteiger partial charge in [-0.05, 0) is 61.9 Å². The molecule has 4 aromatic rings. The number of unbranched alkanes of at least 4 members (excludes halogenated alkanes) is 14. The first-order chi connectivity index (χ1) is 26.4. The average molecular weight is 737 g/mol.